The first-order valence-corrected chi connectivity index (χ1v) is 12.5. The van der Waals surface area contributed by atoms with Gasteiger partial charge in [0, 0.05) is 24.7 Å². The molecule has 0 aliphatic carbocycles. The molecule has 5 rings (SSSR count). The predicted molar refractivity (Wildman–Crippen MR) is 148 cm³/mol. The summed E-state index contributed by atoms with van der Waals surface area (Å²) in [5, 5.41) is 0.764. The Morgan fingerprint density at radius 3 is 2.19 bits per heavy atom. The lowest BCUT2D eigenvalue weighted by Gasteiger charge is -2.23. The fourth-order valence-corrected chi connectivity index (χ4v) is 4.52. The van der Waals surface area contributed by atoms with E-state index in [1.54, 1.807) is 21.7 Å². The summed E-state index contributed by atoms with van der Waals surface area (Å²) in [4.78, 5) is 34.0. The minimum Gasteiger partial charge on any atom is -0.334 e. The summed E-state index contributed by atoms with van der Waals surface area (Å²) in [5.41, 5.74) is 4.71. The molecule has 5 nitrogen and oxygen atoms in total. The van der Waals surface area contributed by atoms with Crippen LogP contribution in [0.5, 0.6) is 0 Å². The van der Waals surface area contributed by atoms with Crippen LogP contribution in [0.3, 0.4) is 0 Å². The van der Waals surface area contributed by atoms with Crippen molar-refractivity contribution < 1.29 is 4.79 Å². The molecule has 5 aromatic rings. The number of hydrogen-bond acceptors (Lipinski definition) is 3. The van der Waals surface area contributed by atoms with Crippen molar-refractivity contribution in [2.45, 2.75) is 26.4 Å². The quantitative estimate of drug-likeness (QED) is 0.285. The summed E-state index contributed by atoms with van der Waals surface area (Å²) >= 11 is 0. The van der Waals surface area contributed by atoms with Crippen molar-refractivity contribution in [3.63, 3.8) is 0 Å². The minimum atomic E-state index is -0.324. The van der Waals surface area contributed by atoms with Crippen molar-refractivity contribution >= 4 is 16.9 Å². The van der Waals surface area contributed by atoms with E-state index in [1.165, 1.54) is 0 Å². The third-order valence-corrected chi connectivity index (χ3v) is 6.56. The first kappa shape index (κ1) is 24.2. The van der Waals surface area contributed by atoms with Crippen molar-refractivity contribution in [1.29, 1.82) is 0 Å². The molecule has 5 heteroatoms. The van der Waals surface area contributed by atoms with E-state index in [4.69, 9.17) is 0 Å². The molecule has 3 aromatic carbocycles. The summed E-state index contributed by atoms with van der Waals surface area (Å²) < 4.78 is 1.62. The van der Waals surface area contributed by atoms with Crippen LogP contribution in [-0.4, -0.2) is 26.9 Å². The summed E-state index contributed by atoms with van der Waals surface area (Å²) in [6.45, 7) is 3.30. The zero-order valence-corrected chi connectivity index (χ0v) is 20.9. The normalized spacial score (nSPS) is 10.9. The van der Waals surface area contributed by atoms with Gasteiger partial charge in [0.25, 0.3) is 11.5 Å². The zero-order valence-electron chi connectivity index (χ0n) is 20.9. The average Bonchev–Trinajstić information content (AvgIpc) is 2.94. The third-order valence-electron chi connectivity index (χ3n) is 6.56. The van der Waals surface area contributed by atoms with Crippen LogP contribution in [0.1, 0.15) is 32.6 Å². The van der Waals surface area contributed by atoms with Gasteiger partial charge in [-0.25, -0.2) is 4.98 Å². The molecule has 184 valence electrons. The lowest BCUT2D eigenvalue weighted by Crippen LogP contribution is -2.38. The van der Waals surface area contributed by atoms with E-state index in [0.717, 1.165) is 27.6 Å². The van der Waals surface area contributed by atoms with Crippen molar-refractivity contribution in [2.75, 3.05) is 6.54 Å². The monoisotopic (exact) mass is 487 g/mol. The molecule has 0 N–H and O–H groups in total. The summed E-state index contributed by atoms with van der Waals surface area (Å²) in [6, 6.07) is 33.5. The number of hydrogen-bond donors (Lipinski definition) is 0. The fourth-order valence-electron chi connectivity index (χ4n) is 4.52. The number of carbonyl (C=O) groups excluding carboxylic acids is 1. The van der Waals surface area contributed by atoms with Crippen LogP contribution in [0, 0.1) is 6.92 Å². The van der Waals surface area contributed by atoms with Crippen molar-refractivity contribution in [3.8, 4) is 0 Å². The highest BCUT2D eigenvalue weighted by molar-refractivity contribution is 5.97. The number of aryl methyl sites for hydroxylation is 1. The highest BCUT2D eigenvalue weighted by atomic mass is 16.2. The SMILES string of the molecule is Cc1ccc(Cn2c(=O)c(C(=O)N(CCc3ccccc3)Cc3ccccc3)cc3cccnc32)cc1. The average molecular weight is 488 g/mol. The molecule has 0 fully saturated rings. The maximum Gasteiger partial charge on any atom is 0.265 e. The summed E-state index contributed by atoms with van der Waals surface area (Å²) in [7, 11) is 0. The topological polar surface area (TPSA) is 55.2 Å². The zero-order chi connectivity index (χ0) is 25.6. The maximum atomic E-state index is 14.0. The molecule has 0 bridgehead atoms. The Morgan fingerprint density at radius 2 is 1.49 bits per heavy atom. The van der Waals surface area contributed by atoms with Crippen LogP contribution in [0.25, 0.3) is 11.0 Å². The first-order chi connectivity index (χ1) is 18.1. The standard InChI is InChI=1S/C32H29N3O2/c1-24-14-16-27(17-15-24)23-35-30-28(13-8-19-33-30)21-29(32(35)37)31(36)34(22-26-11-6-3-7-12-26)20-18-25-9-4-2-5-10-25/h2-17,19,21H,18,20,22-23H2,1H3. The smallest absolute Gasteiger partial charge is 0.265 e. The summed E-state index contributed by atoms with van der Waals surface area (Å²) in [6.07, 6.45) is 2.38. The largest absolute Gasteiger partial charge is 0.334 e. The van der Waals surface area contributed by atoms with Crippen molar-refractivity contribution in [2.24, 2.45) is 0 Å². The lowest BCUT2D eigenvalue weighted by molar-refractivity contribution is 0.0743. The van der Waals surface area contributed by atoms with Crippen LogP contribution in [0.4, 0.5) is 0 Å². The molecule has 0 atom stereocenters. The number of fused-ring (bicyclic) bond motifs is 1. The Balaban J connectivity index is 1.53. The van der Waals surface area contributed by atoms with E-state index in [-0.39, 0.29) is 17.0 Å². The molecule has 0 spiro atoms. The molecule has 2 heterocycles. The van der Waals surface area contributed by atoms with Crippen molar-refractivity contribution in [3.05, 3.63) is 147 Å². The Bertz CT molecular complexity index is 1560. The number of aromatic nitrogens is 2. The second-order valence-electron chi connectivity index (χ2n) is 9.30. The molecular weight excluding hydrogens is 458 g/mol. The van der Waals surface area contributed by atoms with Crippen LogP contribution in [0.15, 0.2) is 114 Å². The van der Waals surface area contributed by atoms with Crippen LogP contribution in [0.2, 0.25) is 0 Å². The molecule has 1 amide bonds. The van der Waals surface area contributed by atoms with Gasteiger partial charge < -0.3 is 4.90 Å². The number of benzene rings is 3. The number of rotatable bonds is 8. The van der Waals surface area contributed by atoms with E-state index < -0.39 is 0 Å². The van der Waals surface area contributed by atoms with Crippen LogP contribution >= 0.6 is 0 Å². The minimum absolute atomic E-state index is 0.164. The van der Waals surface area contributed by atoms with E-state index in [9.17, 15) is 9.59 Å². The molecule has 0 saturated heterocycles. The number of nitrogens with zero attached hydrogens (tertiary/aromatic N) is 3. The first-order valence-electron chi connectivity index (χ1n) is 12.5. The molecule has 0 radical (unpaired) electrons. The molecule has 0 aliphatic rings. The highest BCUT2D eigenvalue weighted by Crippen LogP contribution is 2.16. The second kappa shape index (κ2) is 11.0. The van der Waals surface area contributed by atoms with Gasteiger partial charge in [0.2, 0.25) is 0 Å². The maximum absolute atomic E-state index is 14.0. The Labute approximate surface area is 216 Å². The van der Waals surface area contributed by atoms with Gasteiger partial charge in [0.15, 0.2) is 0 Å². The van der Waals surface area contributed by atoms with Crippen LogP contribution < -0.4 is 5.56 Å². The van der Waals surface area contributed by atoms with E-state index in [2.05, 4.69) is 17.1 Å². The van der Waals surface area contributed by atoms with Gasteiger partial charge in [0.05, 0.1) is 6.54 Å². The lowest BCUT2D eigenvalue weighted by atomic mass is 10.1. The van der Waals surface area contributed by atoms with E-state index in [0.29, 0.717) is 31.7 Å². The summed E-state index contributed by atoms with van der Waals surface area (Å²) in [5.74, 6) is -0.270. The Hall–Kier alpha value is -4.51. The molecule has 0 saturated carbocycles. The predicted octanol–water partition coefficient (Wildman–Crippen LogP) is 5.64. The Kier molecular flexibility index (Phi) is 7.22. The van der Waals surface area contributed by atoms with E-state index >= 15 is 0 Å². The molecule has 0 unspecified atom stereocenters. The molecule has 37 heavy (non-hydrogen) atoms. The number of amides is 1. The van der Waals surface area contributed by atoms with Gasteiger partial charge >= 0.3 is 0 Å². The number of carbonyl (C=O) groups is 1. The van der Waals surface area contributed by atoms with Crippen LogP contribution in [-0.2, 0) is 19.5 Å². The van der Waals surface area contributed by atoms with Gasteiger partial charge in [-0.2, -0.15) is 0 Å². The van der Waals surface area contributed by atoms with Crippen molar-refractivity contribution in [1.82, 2.24) is 14.5 Å². The van der Waals surface area contributed by atoms with E-state index in [1.807, 2.05) is 91.9 Å². The Morgan fingerprint density at radius 1 is 0.811 bits per heavy atom. The second-order valence-corrected chi connectivity index (χ2v) is 9.30. The van der Waals surface area contributed by atoms with Gasteiger partial charge in [-0.1, -0.05) is 90.5 Å². The molecule has 0 aliphatic heterocycles. The highest BCUT2D eigenvalue weighted by Gasteiger charge is 2.22. The molecular formula is C32H29N3O2. The molecule has 2 aromatic heterocycles. The number of pyridine rings is 2. The van der Waals surface area contributed by atoms with Gasteiger partial charge in [-0.15, -0.1) is 0 Å². The fraction of sp³-hybridized carbons (Fsp3) is 0.156. The van der Waals surface area contributed by atoms with Gasteiger partial charge in [-0.3, -0.25) is 14.2 Å². The van der Waals surface area contributed by atoms with Gasteiger partial charge in [-0.05, 0) is 48.2 Å². The third kappa shape index (κ3) is 5.67. The van der Waals surface area contributed by atoms with Gasteiger partial charge in [0.1, 0.15) is 11.2 Å².